The number of nitro benzene ring substituents is 1. The average Bonchev–Trinajstić information content (AvgIpc) is 3.49. The lowest BCUT2D eigenvalue weighted by molar-refractivity contribution is -0.384. The maximum absolute atomic E-state index is 13.7. The van der Waals surface area contributed by atoms with Gasteiger partial charge < -0.3 is 9.64 Å². The zero-order valence-electron chi connectivity index (χ0n) is 19.9. The number of nitrogens with zero attached hydrogens (tertiary/aromatic N) is 5. The van der Waals surface area contributed by atoms with Crippen LogP contribution in [0.1, 0.15) is 0 Å². The molecule has 0 saturated carbocycles. The van der Waals surface area contributed by atoms with E-state index >= 15 is 0 Å². The molecule has 3 aromatic carbocycles. The van der Waals surface area contributed by atoms with Crippen LogP contribution >= 0.6 is 27.3 Å². The summed E-state index contributed by atoms with van der Waals surface area (Å²) >= 11 is 5.12. The molecule has 38 heavy (non-hydrogen) atoms. The van der Waals surface area contributed by atoms with E-state index in [9.17, 15) is 14.9 Å². The molecule has 1 aliphatic heterocycles. The van der Waals surface area contributed by atoms with Crippen LogP contribution in [0.5, 0.6) is 0 Å². The van der Waals surface area contributed by atoms with Crippen molar-refractivity contribution in [3.8, 4) is 27.4 Å². The first-order chi connectivity index (χ1) is 18.5. The molecule has 0 bridgehead atoms. The Kier molecular flexibility index (Phi) is 6.48. The SMILES string of the molecule is O=c1c2ccccc2c(-c2cc(Br)cc(-c3cncs3)c2)nn1-c1cc(N2CCOCC2)ccc1[N+](=O)[O-]. The van der Waals surface area contributed by atoms with Crippen molar-refractivity contribution in [2.75, 3.05) is 31.2 Å². The Balaban J connectivity index is 1.61. The van der Waals surface area contributed by atoms with Gasteiger partial charge in [0.1, 0.15) is 5.69 Å². The molecule has 2 aromatic heterocycles. The van der Waals surface area contributed by atoms with Gasteiger partial charge in [0.15, 0.2) is 0 Å². The van der Waals surface area contributed by atoms with Gasteiger partial charge in [-0.05, 0) is 42.0 Å². The highest BCUT2D eigenvalue weighted by molar-refractivity contribution is 9.10. The van der Waals surface area contributed by atoms with Crippen molar-refractivity contribution in [2.45, 2.75) is 0 Å². The van der Waals surface area contributed by atoms with E-state index in [4.69, 9.17) is 9.84 Å². The van der Waals surface area contributed by atoms with Crippen molar-refractivity contribution in [1.82, 2.24) is 14.8 Å². The summed E-state index contributed by atoms with van der Waals surface area (Å²) in [6, 6.07) is 17.9. The van der Waals surface area contributed by atoms with Crippen molar-refractivity contribution < 1.29 is 9.66 Å². The third-order valence-electron chi connectivity index (χ3n) is 6.45. The Morgan fingerprint density at radius 3 is 2.50 bits per heavy atom. The van der Waals surface area contributed by atoms with Crippen LogP contribution in [0.15, 0.2) is 81.6 Å². The van der Waals surface area contributed by atoms with E-state index in [1.807, 2.05) is 30.3 Å². The van der Waals surface area contributed by atoms with Crippen molar-refractivity contribution in [3.63, 3.8) is 0 Å². The fraction of sp³-hybridized carbons (Fsp3) is 0.148. The molecule has 0 spiro atoms. The predicted molar refractivity (Wildman–Crippen MR) is 151 cm³/mol. The second kappa shape index (κ2) is 10.1. The van der Waals surface area contributed by atoms with E-state index in [0.29, 0.717) is 42.8 Å². The fourth-order valence-corrected chi connectivity index (χ4v) is 5.75. The quantitative estimate of drug-likeness (QED) is 0.192. The molecule has 11 heteroatoms. The van der Waals surface area contributed by atoms with E-state index in [1.54, 1.807) is 36.0 Å². The first-order valence-corrected chi connectivity index (χ1v) is 13.5. The monoisotopic (exact) mass is 589 g/mol. The van der Waals surface area contributed by atoms with Crippen LogP contribution in [-0.4, -0.2) is 46.0 Å². The van der Waals surface area contributed by atoms with Gasteiger partial charge in [0.25, 0.3) is 11.2 Å². The molecule has 0 atom stereocenters. The number of hydrogen-bond acceptors (Lipinski definition) is 8. The average molecular weight is 590 g/mol. The van der Waals surface area contributed by atoms with Gasteiger partial charge in [-0.2, -0.15) is 9.78 Å². The number of nitro groups is 1. The Labute approximate surface area is 229 Å². The molecule has 0 N–H and O–H groups in total. The second-order valence-corrected chi connectivity index (χ2v) is 10.5. The largest absolute Gasteiger partial charge is 0.378 e. The minimum atomic E-state index is -0.484. The Morgan fingerprint density at radius 2 is 1.76 bits per heavy atom. The first-order valence-electron chi connectivity index (χ1n) is 11.8. The number of halogens is 1. The summed E-state index contributed by atoms with van der Waals surface area (Å²) in [5, 5.41) is 17.9. The minimum Gasteiger partial charge on any atom is -0.378 e. The Morgan fingerprint density at radius 1 is 1.00 bits per heavy atom. The number of morpholine rings is 1. The van der Waals surface area contributed by atoms with Gasteiger partial charge in [0, 0.05) is 46.5 Å². The molecule has 3 heterocycles. The smallest absolute Gasteiger partial charge is 0.295 e. The number of thiazole rings is 1. The standard InChI is InChI=1S/C27H20BrN5O4S/c28-19-12-17(25-15-29-16-38-25)11-18(13-19)26-21-3-1-2-4-22(21)27(34)32(30-26)24-14-20(5-6-23(24)33(35)36)31-7-9-37-10-8-31/h1-6,11-16H,7-10H2. The Hall–Kier alpha value is -3.93. The number of anilines is 1. The van der Waals surface area contributed by atoms with E-state index < -0.39 is 10.5 Å². The van der Waals surface area contributed by atoms with Crippen LogP contribution in [0.3, 0.4) is 0 Å². The molecule has 9 nitrogen and oxygen atoms in total. The van der Waals surface area contributed by atoms with Gasteiger partial charge in [-0.25, -0.2) is 0 Å². The second-order valence-electron chi connectivity index (χ2n) is 8.73. The molecule has 0 unspecified atom stereocenters. The zero-order chi connectivity index (χ0) is 26.2. The highest BCUT2D eigenvalue weighted by Crippen LogP contribution is 2.35. The van der Waals surface area contributed by atoms with Crippen LogP contribution in [0, 0.1) is 10.1 Å². The lowest BCUT2D eigenvalue weighted by Gasteiger charge is -2.29. The third-order valence-corrected chi connectivity index (χ3v) is 7.73. The van der Waals surface area contributed by atoms with Crippen LogP contribution in [0.25, 0.3) is 38.2 Å². The van der Waals surface area contributed by atoms with Gasteiger partial charge in [-0.1, -0.05) is 34.1 Å². The van der Waals surface area contributed by atoms with E-state index in [1.165, 1.54) is 17.4 Å². The van der Waals surface area contributed by atoms with Crippen LogP contribution < -0.4 is 10.5 Å². The zero-order valence-corrected chi connectivity index (χ0v) is 22.3. The molecule has 5 aromatic rings. The summed E-state index contributed by atoms with van der Waals surface area (Å²) in [7, 11) is 0. The third kappa shape index (κ3) is 4.49. The van der Waals surface area contributed by atoms with Gasteiger partial charge in [-0.3, -0.25) is 19.9 Å². The molecule has 1 saturated heterocycles. The Bertz CT molecular complexity index is 1730. The predicted octanol–water partition coefficient (Wildman–Crippen LogP) is 5.68. The number of hydrogen-bond donors (Lipinski definition) is 0. The molecular weight excluding hydrogens is 570 g/mol. The first kappa shape index (κ1) is 24.4. The molecule has 0 aliphatic carbocycles. The van der Waals surface area contributed by atoms with Gasteiger partial charge in [0.2, 0.25) is 0 Å². The summed E-state index contributed by atoms with van der Waals surface area (Å²) in [6.07, 6.45) is 1.79. The molecule has 0 radical (unpaired) electrons. The number of rotatable bonds is 5. The number of fused-ring (bicyclic) bond motifs is 1. The van der Waals surface area contributed by atoms with Gasteiger partial charge >= 0.3 is 0 Å². The van der Waals surface area contributed by atoms with Crippen molar-refractivity contribution >= 4 is 49.4 Å². The molecule has 0 amide bonds. The molecule has 190 valence electrons. The fourth-order valence-electron chi connectivity index (χ4n) is 4.65. The van der Waals surface area contributed by atoms with Crippen molar-refractivity contribution in [3.05, 3.63) is 97.3 Å². The maximum Gasteiger partial charge on any atom is 0.295 e. The van der Waals surface area contributed by atoms with Crippen molar-refractivity contribution in [1.29, 1.82) is 0 Å². The minimum absolute atomic E-state index is 0.119. The van der Waals surface area contributed by atoms with E-state index in [2.05, 4.69) is 25.8 Å². The molecule has 6 rings (SSSR count). The lowest BCUT2D eigenvalue weighted by Crippen LogP contribution is -2.36. The van der Waals surface area contributed by atoms with Gasteiger partial charge in [-0.15, -0.1) is 11.3 Å². The summed E-state index contributed by atoms with van der Waals surface area (Å²) in [5.41, 5.74) is 4.28. The number of ether oxygens (including phenoxy) is 1. The molecule has 1 aliphatic rings. The summed E-state index contributed by atoms with van der Waals surface area (Å²) in [5.74, 6) is 0. The highest BCUT2D eigenvalue weighted by atomic mass is 79.9. The highest BCUT2D eigenvalue weighted by Gasteiger charge is 2.23. The lowest BCUT2D eigenvalue weighted by atomic mass is 10.0. The molecule has 1 fully saturated rings. The topological polar surface area (TPSA) is 103 Å². The van der Waals surface area contributed by atoms with E-state index in [-0.39, 0.29) is 11.4 Å². The maximum atomic E-state index is 13.7. The van der Waals surface area contributed by atoms with Crippen molar-refractivity contribution in [2.24, 2.45) is 0 Å². The van der Waals surface area contributed by atoms with Crippen LogP contribution in [0.4, 0.5) is 11.4 Å². The summed E-state index contributed by atoms with van der Waals surface area (Å²) < 4.78 is 7.45. The van der Waals surface area contributed by atoms with Crippen LogP contribution in [0.2, 0.25) is 0 Å². The number of aromatic nitrogens is 3. The normalized spacial score (nSPS) is 13.7. The number of benzene rings is 3. The van der Waals surface area contributed by atoms with Gasteiger partial charge in [0.05, 0.1) is 39.6 Å². The van der Waals surface area contributed by atoms with Crippen LogP contribution in [-0.2, 0) is 4.74 Å². The summed E-state index contributed by atoms with van der Waals surface area (Å²) in [4.78, 5) is 32.5. The molecular formula is C27H20BrN5O4S. The summed E-state index contributed by atoms with van der Waals surface area (Å²) in [6.45, 7) is 2.44. The van der Waals surface area contributed by atoms with E-state index in [0.717, 1.165) is 30.8 Å².